The normalized spacial score (nSPS) is 15.0. The topological polar surface area (TPSA) is 47.9 Å². The molecule has 6 heteroatoms. The van der Waals surface area contributed by atoms with Crippen LogP contribution in [0.4, 0.5) is 5.69 Å². The van der Waals surface area contributed by atoms with Gasteiger partial charge >= 0.3 is 0 Å². The van der Waals surface area contributed by atoms with Crippen molar-refractivity contribution in [1.29, 1.82) is 0 Å². The van der Waals surface area contributed by atoms with Crippen LogP contribution < -0.4 is 10.2 Å². The van der Waals surface area contributed by atoms with Crippen LogP contribution >= 0.6 is 24.0 Å². The summed E-state index contributed by atoms with van der Waals surface area (Å²) in [6, 6.07) is 16.8. The molecule has 0 spiro atoms. The van der Waals surface area contributed by atoms with Crippen molar-refractivity contribution in [1.82, 2.24) is 10.2 Å². The van der Waals surface area contributed by atoms with Gasteiger partial charge in [0, 0.05) is 44.8 Å². The van der Waals surface area contributed by atoms with Gasteiger partial charge in [0.05, 0.1) is 0 Å². The van der Waals surface area contributed by atoms with E-state index in [1.54, 1.807) is 0 Å². The number of carbonyl (C=O) groups is 1. The van der Waals surface area contributed by atoms with Gasteiger partial charge in [-0.3, -0.25) is 9.79 Å². The van der Waals surface area contributed by atoms with E-state index in [1.807, 2.05) is 17.0 Å². The van der Waals surface area contributed by atoms with Gasteiger partial charge in [0.25, 0.3) is 0 Å². The van der Waals surface area contributed by atoms with Gasteiger partial charge < -0.3 is 15.1 Å². The number of amides is 1. The Bertz CT molecular complexity index is 858. The summed E-state index contributed by atoms with van der Waals surface area (Å²) in [6.07, 6.45) is 2.37. The van der Waals surface area contributed by atoms with E-state index in [4.69, 9.17) is 4.99 Å². The zero-order valence-electron chi connectivity index (χ0n) is 16.9. The molecule has 2 aromatic carbocycles. The van der Waals surface area contributed by atoms with E-state index in [1.165, 1.54) is 22.4 Å². The number of nitrogens with one attached hydrogen (secondary N) is 1. The SMILES string of the molecule is CCNC(=NCCCC(=O)N1Cc2ccccc2C1)N1CCc2ccccc21.I. The molecule has 0 bridgehead atoms. The number of rotatable bonds is 5. The fourth-order valence-electron chi connectivity index (χ4n) is 4.04. The third kappa shape index (κ3) is 4.91. The zero-order valence-corrected chi connectivity index (χ0v) is 19.3. The summed E-state index contributed by atoms with van der Waals surface area (Å²) in [4.78, 5) is 21.6. The van der Waals surface area contributed by atoms with Crippen molar-refractivity contribution in [3.63, 3.8) is 0 Å². The van der Waals surface area contributed by atoms with E-state index in [-0.39, 0.29) is 29.9 Å². The molecule has 0 unspecified atom stereocenters. The van der Waals surface area contributed by atoms with E-state index in [0.717, 1.165) is 45.0 Å². The van der Waals surface area contributed by atoms with E-state index in [0.29, 0.717) is 13.0 Å². The van der Waals surface area contributed by atoms with Crippen molar-refractivity contribution in [3.8, 4) is 0 Å². The van der Waals surface area contributed by atoms with Gasteiger partial charge in [-0.2, -0.15) is 0 Å². The van der Waals surface area contributed by atoms with E-state index in [2.05, 4.69) is 53.5 Å². The highest BCUT2D eigenvalue weighted by Crippen LogP contribution is 2.27. The van der Waals surface area contributed by atoms with Gasteiger partial charge in [-0.1, -0.05) is 42.5 Å². The van der Waals surface area contributed by atoms with Crippen LogP contribution in [0.3, 0.4) is 0 Å². The van der Waals surface area contributed by atoms with Crippen LogP contribution in [0.25, 0.3) is 0 Å². The molecule has 0 atom stereocenters. The molecular formula is C23H29IN4O. The molecule has 2 heterocycles. The fraction of sp³-hybridized carbons (Fsp3) is 0.391. The molecule has 0 aliphatic carbocycles. The Balaban J connectivity index is 0.00000240. The Hall–Kier alpha value is -2.09. The second-order valence-corrected chi connectivity index (χ2v) is 7.39. The highest BCUT2D eigenvalue weighted by Gasteiger charge is 2.23. The monoisotopic (exact) mass is 504 g/mol. The molecule has 2 aliphatic heterocycles. The number of para-hydroxylation sites is 1. The summed E-state index contributed by atoms with van der Waals surface area (Å²) in [5.41, 5.74) is 5.16. The molecule has 2 aromatic rings. The Morgan fingerprint density at radius 3 is 2.38 bits per heavy atom. The first-order valence-corrected chi connectivity index (χ1v) is 10.2. The van der Waals surface area contributed by atoms with Crippen LogP contribution in [0, 0.1) is 0 Å². The third-order valence-electron chi connectivity index (χ3n) is 5.48. The number of hydrogen-bond acceptors (Lipinski definition) is 2. The number of halogens is 1. The Morgan fingerprint density at radius 1 is 1.03 bits per heavy atom. The van der Waals surface area contributed by atoms with Crippen molar-refractivity contribution in [2.24, 2.45) is 4.99 Å². The van der Waals surface area contributed by atoms with E-state index >= 15 is 0 Å². The number of benzene rings is 2. The maximum Gasteiger partial charge on any atom is 0.223 e. The summed E-state index contributed by atoms with van der Waals surface area (Å²) < 4.78 is 0. The number of carbonyl (C=O) groups excluding carboxylic acids is 1. The first-order chi connectivity index (χ1) is 13.8. The standard InChI is InChI=1S/C23H28N4O.HI/c1-2-24-23(27-15-13-18-8-5-6-11-21(18)27)25-14-7-12-22(28)26-16-19-9-3-4-10-20(19)17-26;/h3-6,8-11H,2,7,12-17H2,1H3,(H,24,25);1H. The van der Waals surface area contributed by atoms with Crippen molar-refractivity contribution in [2.75, 3.05) is 24.5 Å². The second kappa shape index (κ2) is 10.1. The quantitative estimate of drug-likeness (QED) is 0.291. The first kappa shape index (κ1) is 21.6. The summed E-state index contributed by atoms with van der Waals surface area (Å²) in [5, 5.41) is 3.40. The molecule has 2 aliphatic rings. The van der Waals surface area contributed by atoms with Gasteiger partial charge in [-0.25, -0.2) is 0 Å². The fourth-order valence-corrected chi connectivity index (χ4v) is 4.04. The third-order valence-corrected chi connectivity index (χ3v) is 5.48. The molecule has 154 valence electrons. The minimum absolute atomic E-state index is 0. The van der Waals surface area contributed by atoms with Gasteiger partial charge in [0.1, 0.15) is 0 Å². The summed E-state index contributed by atoms with van der Waals surface area (Å²) in [7, 11) is 0. The van der Waals surface area contributed by atoms with Crippen molar-refractivity contribution in [2.45, 2.75) is 39.3 Å². The van der Waals surface area contributed by atoms with E-state index < -0.39 is 0 Å². The predicted octanol–water partition coefficient (Wildman–Crippen LogP) is 3.96. The molecule has 1 N–H and O–H groups in total. The maximum absolute atomic E-state index is 12.6. The Kier molecular flexibility index (Phi) is 7.52. The molecule has 4 rings (SSSR count). The molecule has 5 nitrogen and oxygen atoms in total. The molecule has 0 radical (unpaired) electrons. The molecular weight excluding hydrogens is 475 g/mol. The van der Waals surface area contributed by atoms with Crippen LogP contribution in [0.2, 0.25) is 0 Å². The maximum atomic E-state index is 12.6. The van der Waals surface area contributed by atoms with Crippen LogP contribution in [0.15, 0.2) is 53.5 Å². The lowest BCUT2D eigenvalue weighted by atomic mass is 10.1. The predicted molar refractivity (Wildman–Crippen MR) is 129 cm³/mol. The van der Waals surface area contributed by atoms with Crippen molar-refractivity contribution < 1.29 is 4.79 Å². The highest BCUT2D eigenvalue weighted by atomic mass is 127. The number of hydrogen-bond donors (Lipinski definition) is 1. The first-order valence-electron chi connectivity index (χ1n) is 10.2. The van der Waals surface area contributed by atoms with Gasteiger partial charge in [-0.15, -0.1) is 24.0 Å². The summed E-state index contributed by atoms with van der Waals surface area (Å²) >= 11 is 0. The summed E-state index contributed by atoms with van der Waals surface area (Å²) in [6.45, 7) is 6.02. The van der Waals surface area contributed by atoms with Gasteiger partial charge in [0.15, 0.2) is 5.96 Å². The average Bonchev–Trinajstić information content (AvgIpc) is 3.34. The summed E-state index contributed by atoms with van der Waals surface area (Å²) in [5.74, 6) is 1.15. The Labute approximate surface area is 190 Å². The largest absolute Gasteiger partial charge is 0.356 e. The lowest BCUT2D eigenvalue weighted by Gasteiger charge is -2.22. The molecule has 0 saturated heterocycles. The smallest absolute Gasteiger partial charge is 0.223 e. The van der Waals surface area contributed by atoms with Crippen LogP contribution in [0.1, 0.15) is 36.5 Å². The molecule has 29 heavy (non-hydrogen) atoms. The average molecular weight is 504 g/mol. The van der Waals surface area contributed by atoms with Crippen LogP contribution in [-0.2, 0) is 24.3 Å². The molecule has 0 saturated carbocycles. The zero-order chi connectivity index (χ0) is 19.3. The minimum atomic E-state index is 0. The lowest BCUT2D eigenvalue weighted by Crippen LogP contribution is -2.40. The number of fused-ring (bicyclic) bond motifs is 2. The van der Waals surface area contributed by atoms with Crippen LogP contribution in [-0.4, -0.2) is 36.4 Å². The minimum Gasteiger partial charge on any atom is -0.356 e. The van der Waals surface area contributed by atoms with Gasteiger partial charge in [-0.05, 0) is 42.5 Å². The number of nitrogens with zero attached hydrogens (tertiary/aromatic N) is 3. The van der Waals surface area contributed by atoms with Gasteiger partial charge in [0.2, 0.25) is 5.91 Å². The Morgan fingerprint density at radius 2 is 1.69 bits per heavy atom. The molecule has 0 aromatic heterocycles. The van der Waals surface area contributed by atoms with Crippen molar-refractivity contribution in [3.05, 3.63) is 65.2 Å². The number of anilines is 1. The molecule has 1 amide bonds. The van der Waals surface area contributed by atoms with Crippen LogP contribution in [0.5, 0.6) is 0 Å². The highest BCUT2D eigenvalue weighted by molar-refractivity contribution is 14.0. The van der Waals surface area contributed by atoms with Crippen molar-refractivity contribution >= 4 is 41.5 Å². The molecule has 0 fully saturated rings. The van der Waals surface area contributed by atoms with E-state index in [9.17, 15) is 4.79 Å². The second-order valence-electron chi connectivity index (χ2n) is 7.39. The number of guanidine groups is 1. The number of aliphatic imine (C=N–C) groups is 1. The lowest BCUT2D eigenvalue weighted by molar-refractivity contribution is -0.131.